The van der Waals surface area contributed by atoms with Crippen LogP contribution in [0, 0.1) is 0 Å². The first-order chi connectivity index (χ1) is 11.8. The molecule has 0 aliphatic carbocycles. The number of aromatic nitrogens is 1. The Kier molecular flexibility index (Phi) is 5.53. The quantitative estimate of drug-likeness (QED) is 0.688. The van der Waals surface area contributed by atoms with Gasteiger partial charge in [-0.2, -0.15) is 0 Å². The summed E-state index contributed by atoms with van der Waals surface area (Å²) in [5.41, 5.74) is 3.44. The van der Waals surface area contributed by atoms with Gasteiger partial charge in [0.1, 0.15) is 5.82 Å². The topological polar surface area (TPSA) is 37.0 Å². The normalized spacial score (nSPS) is 10.2. The first-order valence-corrected chi connectivity index (χ1v) is 8.29. The Hall–Kier alpha value is -2.72. The predicted molar refractivity (Wildman–Crippen MR) is 103 cm³/mol. The third-order valence-corrected chi connectivity index (χ3v) is 3.82. The molecule has 1 heterocycles. The molecule has 0 aliphatic heterocycles. The van der Waals surface area contributed by atoms with Crippen molar-refractivity contribution in [3.63, 3.8) is 0 Å². The molecule has 120 valence electrons. The van der Waals surface area contributed by atoms with Gasteiger partial charge in [0.2, 0.25) is 0 Å². The lowest BCUT2D eigenvalue weighted by Crippen LogP contribution is -2.28. The minimum atomic E-state index is 0.572. The lowest BCUT2D eigenvalue weighted by Gasteiger charge is -2.11. The van der Waals surface area contributed by atoms with E-state index in [4.69, 9.17) is 12.2 Å². The van der Waals surface area contributed by atoms with E-state index in [0.717, 1.165) is 17.9 Å². The molecule has 24 heavy (non-hydrogen) atoms. The predicted octanol–water partition coefficient (Wildman–Crippen LogP) is 4.16. The van der Waals surface area contributed by atoms with Crippen molar-refractivity contribution in [3.05, 3.63) is 95.7 Å². The van der Waals surface area contributed by atoms with Gasteiger partial charge in [-0.1, -0.05) is 66.7 Å². The second-order valence-electron chi connectivity index (χ2n) is 5.47. The van der Waals surface area contributed by atoms with Gasteiger partial charge in [-0.05, 0) is 35.5 Å². The highest BCUT2D eigenvalue weighted by Crippen LogP contribution is 2.10. The van der Waals surface area contributed by atoms with E-state index >= 15 is 0 Å². The lowest BCUT2D eigenvalue weighted by atomic mass is 10.1. The molecule has 2 N–H and O–H groups in total. The molecule has 0 saturated heterocycles. The summed E-state index contributed by atoms with van der Waals surface area (Å²) in [6, 6.07) is 26.4. The van der Waals surface area contributed by atoms with Crippen molar-refractivity contribution in [1.82, 2.24) is 10.3 Å². The first kappa shape index (κ1) is 16.1. The van der Waals surface area contributed by atoms with E-state index in [1.807, 2.05) is 54.6 Å². The Labute approximate surface area is 147 Å². The maximum absolute atomic E-state index is 5.35. The van der Waals surface area contributed by atoms with Crippen LogP contribution in [0.1, 0.15) is 16.8 Å². The summed E-state index contributed by atoms with van der Waals surface area (Å²) in [5.74, 6) is 0.758. The van der Waals surface area contributed by atoms with Gasteiger partial charge >= 0.3 is 0 Å². The Morgan fingerprint density at radius 3 is 2.17 bits per heavy atom. The van der Waals surface area contributed by atoms with Gasteiger partial charge in [-0.25, -0.2) is 4.98 Å². The van der Waals surface area contributed by atoms with Gasteiger partial charge in [-0.15, -0.1) is 0 Å². The van der Waals surface area contributed by atoms with Crippen LogP contribution in [0.5, 0.6) is 0 Å². The molecule has 0 bridgehead atoms. The summed E-state index contributed by atoms with van der Waals surface area (Å²) in [7, 11) is 0. The third kappa shape index (κ3) is 4.89. The molecule has 3 nitrogen and oxygen atoms in total. The number of hydrogen-bond donors (Lipinski definition) is 2. The smallest absolute Gasteiger partial charge is 0.172 e. The number of thiocarbonyl (C=S) groups is 1. The van der Waals surface area contributed by atoms with Crippen molar-refractivity contribution in [2.75, 3.05) is 5.32 Å². The molecular formula is C20H19N3S. The van der Waals surface area contributed by atoms with Crippen LogP contribution in [0.15, 0.2) is 78.9 Å². The van der Waals surface area contributed by atoms with Crippen LogP contribution in [-0.2, 0) is 13.0 Å². The number of nitrogens with zero attached hydrogens (tertiary/aromatic N) is 1. The van der Waals surface area contributed by atoms with E-state index in [0.29, 0.717) is 11.7 Å². The van der Waals surface area contributed by atoms with Crippen molar-refractivity contribution >= 4 is 23.1 Å². The third-order valence-electron chi connectivity index (χ3n) is 3.57. The molecule has 3 rings (SSSR count). The molecule has 3 aromatic rings. The minimum absolute atomic E-state index is 0.572. The molecule has 0 fully saturated rings. The second-order valence-corrected chi connectivity index (χ2v) is 5.88. The Morgan fingerprint density at radius 2 is 1.46 bits per heavy atom. The van der Waals surface area contributed by atoms with Crippen LogP contribution in [-0.4, -0.2) is 10.1 Å². The maximum Gasteiger partial charge on any atom is 0.172 e. The molecule has 0 atom stereocenters. The molecule has 0 aliphatic rings. The zero-order chi connectivity index (χ0) is 16.6. The molecule has 4 heteroatoms. The molecule has 2 aromatic carbocycles. The average molecular weight is 333 g/mol. The zero-order valence-corrected chi connectivity index (χ0v) is 14.1. The Bertz CT molecular complexity index is 788. The molecule has 0 amide bonds. The van der Waals surface area contributed by atoms with Gasteiger partial charge in [0.05, 0.1) is 0 Å². The molecule has 1 aromatic heterocycles. The van der Waals surface area contributed by atoms with Gasteiger partial charge in [0.15, 0.2) is 5.11 Å². The van der Waals surface area contributed by atoms with E-state index in [1.165, 1.54) is 11.1 Å². The van der Waals surface area contributed by atoms with Crippen molar-refractivity contribution in [3.8, 4) is 0 Å². The summed E-state index contributed by atoms with van der Waals surface area (Å²) in [6.45, 7) is 0.691. The van der Waals surface area contributed by atoms with Gasteiger partial charge < -0.3 is 10.6 Å². The lowest BCUT2D eigenvalue weighted by molar-refractivity contribution is 0.924. The molecule has 0 unspecified atom stereocenters. The van der Waals surface area contributed by atoms with Crippen molar-refractivity contribution in [2.45, 2.75) is 13.0 Å². The van der Waals surface area contributed by atoms with Crippen LogP contribution in [0.3, 0.4) is 0 Å². The monoisotopic (exact) mass is 333 g/mol. The number of rotatable bonds is 5. The molecule has 0 spiro atoms. The van der Waals surface area contributed by atoms with Crippen molar-refractivity contribution in [1.29, 1.82) is 0 Å². The molecular weight excluding hydrogens is 314 g/mol. The summed E-state index contributed by atoms with van der Waals surface area (Å²) in [4.78, 5) is 4.62. The van der Waals surface area contributed by atoms with Gasteiger partial charge in [0.25, 0.3) is 0 Å². The highest BCUT2D eigenvalue weighted by Gasteiger charge is 2.02. The minimum Gasteiger partial charge on any atom is -0.358 e. The van der Waals surface area contributed by atoms with Crippen LogP contribution < -0.4 is 10.6 Å². The molecule has 0 radical (unpaired) electrons. The summed E-state index contributed by atoms with van der Waals surface area (Å²) >= 11 is 5.35. The number of benzene rings is 2. The van der Waals surface area contributed by atoms with Crippen molar-refractivity contribution in [2.24, 2.45) is 0 Å². The van der Waals surface area contributed by atoms with Gasteiger partial charge in [-0.3, -0.25) is 0 Å². The fraction of sp³-hybridized carbons (Fsp3) is 0.100. The first-order valence-electron chi connectivity index (χ1n) is 7.88. The number of hydrogen-bond acceptors (Lipinski definition) is 2. The SMILES string of the molecule is S=C(NCc1ccccc1)Nc1cccc(Cc2ccccc2)n1. The standard InChI is InChI=1S/C20H19N3S/c24-20(21-15-17-10-5-2-6-11-17)23-19-13-7-12-18(22-19)14-16-8-3-1-4-9-16/h1-13H,14-15H2,(H2,21,22,23,24). The van der Waals surface area contributed by atoms with E-state index in [-0.39, 0.29) is 0 Å². The van der Waals surface area contributed by atoms with Gasteiger partial charge in [0, 0.05) is 18.7 Å². The maximum atomic E-state index is 5.35. The highest BCUT2D eigenvalue weighted by molar-refractivity contribution is 7.80. The summed E-state index contributed by atoms with van der Waals surface area (Å²) < 4.78 is 0. The number of nitrogens with one attached hydrogen (secondary N) is 2. The molecule has 0 saturated carbocycles. The van der Waals surface area contributed by atoms with E-state index < -0.39 is 0 Å². The van der Waals surface area contributed by atoms with E-state index in [9.17, 15) is 0 Å². The second kappa shape index (κ2) is 8.22. The summed E-state index contributed by atoms with van der Waals surface area (Å²) in [6.07, 6.45) is 0.806. The number of anilines is 1. The average Bonchev–Trinajstić information content (AvgIpc) is 2.62. The zero-order valence-electron chi connectivity index (χ0n) is 13.3. The summed E-state index contributed by atoms with van der Waals surface area (Å²) in [5, 5.41) is 6.92. The Morgan fingerprint density at radius 1 is 0.792 bits per heavy atom. The fourth-order valence-corrected chi connectivity index (χ4v) is 2.57. The van der Waals surface area contributed by atoms with E-state index in [2.05, 4.69) is 39.9 Å². The van der Waals surface area contributed by atoms with E-state index in [1.54, 1.807) is 0 Å². The van der Waals surface area contributed by atoms with Crippen LogP contribution >= 0.6 is 12.2 Å². The van der Waals surface area contributed by atoms with Crippen LogP contribution in [0.25, 0.3) is 0 Å². The highest BCUT2D eigenvalue weighted by atomic mass is 32.1. The van der Waals surface area contributed by atoms with Crippen LogP contribution in [0.2, 0.25) is 0 Å². The van der Waals surface area contributed by atoms with Crippen LogP contribution in [0.4, 0.5) is 5.82 Å². The fourth-order valence-electron chi connectivity index (χ4n) is 2.39. The number of pyridine rings is 1. The largest absolute Gasteiger partial charge is 0.358 e. The Balaban J connectivity index is 1.57. The van der Waals surface area contributed by atoms with Crippen molar-refractivity contribution < 1.29 is 0 Å².